The van der Waals surface area contributed by atoms with Crippen LogP contribution in [0.15, 0.2) is 29.2 Å². The second-order valence-electron chi connectivity index (χ2n) is 3.75. The van der Waals surface area contributed by atoms with Gasteiger partial charge in [-0.15, -0.1) is 0 Å². The molecule has 1 aromatic carbocycles. The Morgan fingerprint density at radius 3 is 2.59 bits per heavy atom. The van der Waals surface area contributed by atoms with Gasteiger partial charge in [-0.05, 0) is 19.1 Å². The van der Waals surface area contributed by atoms with Gasteiger partial charge in [0, 0.05) is 13.6 Å². The minimum absolute atomic E-state index is 0.0642. The van der Waals surface area contributed by atoms with Crippen molar-refractivity contribution >= 4 is 21.6 Å². The molecule has 0 N–H and O–H groups in total. The topological polar surface area (TPSA) is 61.2 Å². The Morgan fingerprint density at radius 2 is 2.06 bits per heavy atom. The normalized spacial score (nSPS) is 13.4. The molecule has 0 radical (unpaired) electrons. The molecular formula is C11H13ClN2O2S. The molecule has 0 fully saturated rings. The number of nitrogens with zero attached hydrogens (tertiary/aromatic N) is 2. The third-order valence-electron chi connectivity index (χ3n) is 2.28. The van der Waals surface area contributed by atoms with Crippen molar-refractivity contribution < 1.29 is 8.42 Å². The maximum absolute atomic E-state index is 12.1. The van der Waals surface area contributed by atoms with Gasteiger partial charge in [0.05, 0.1) is 17.0 Å². The standard InChI is InChI=1S/C11H13ClN2O2S/c1-9(7-13)8-14(2)17(15,16)11-6-4-3-5-10(11)12/h3-6,9H,8H2,1-2H3. The fraction of sp³-hybridized carbons (Fsp3) is 0.364. The van der Waals surface area contributed by atoms with Crippen LogP contribution in [0.25, 0.3) is 0 Å². The zero-order valence-corrected chi connectivity index (χ0v) is 11.2. The molecule has 0 bridgehead atoms. The molecule has 0 aliphatic rings. The molecule has 0 aliphatic carbocycles. The molecule has 0 saturated heterocycles. The van der Waals surface area contributed by atoms with Crippen molar-refractivity contribution in [3.63, 3.8) is 0 Å². The first kappa shape index (κ1) is 14.0. The first-order valence-corrected chi connectivity index (χ1v) is 6.82. The molecular weight excluding hydrogens is 260 g/mol. The molecule has 92 valence electrons. The van der Waals surface area contributed by atoms with Crippen LogP contribution in [0.5, 0.6) is 0 Å². The van der Waals surface area contributed by atoms with Gasteiger partial charge >= 0.3 is 0 Å². The van der Waals surface area contributed by atoms with Crippen molar-refractivity contribution in [1.29, 1.82) is 5.26 Å². The highest BCUT2D eigenvalue weighted by molar-refractivity contribution is 7.89. The minimum Gasteiger partial charge on any atom is -0.207 e. The fourth-order valence-corrected chi connectivity index (χ4v) is 3.10. The van der Waals surface area contributed by atoms with Gasteiger partial charge < -0.3 is 0 Å². The van der Waals surface area contributed by atoms with Crippen LogP contribution >= 0.6 is 11.6 Å². The molecule has 0 saturated carbocycles. The van der Waals surface area contributed by atoms with Crippen LogP contribution in [0.1, 0.15) is 6.92 Å². The number of rotatable bonds is 4. The van der Waals surface area contributed by atoms with Gasteiger partial charge in [-0.3, -0.25) is 0 Å². The lowest BCUT2D eigenvalue weighted by Gasteiger charge is -2.18. The van der Waals surface area contributed by atoms with Gasteiger partial charge in [0.1, 0.15) is 4.90 Å². The van der Waals surface area contributed by atoms with Crippen LogP contribution in [-0.4, -0.2) is 26.3 Å². The maximum Gasteiger partial charge on any atom is 0.244 e. The highest BCUT2D eigenvalue weighted by Gasteiger charge is 2.24. The molecule has 17 heavy (non-hydrogen) atoms. The van der Waals surface area contributed by atoms with Gasteiger partial charge in [0.25, 0.3) is 0 Å². The van der Waals surface area contributed by atoms with Crippen LogP contribution in [-0.2, 0) is 10.0 Å². The predicted molar refractivity (Wildman–Crippen MR) is 66.0 cm³/mol. The van der Waals surface area contributed by atoms with E-state index >= 15 is 0 Å². The predicted octanol–water partition coefficient (Wildman–Crippen LogP) is 2.12. The van der Waals surface area contributed by atoms with Crippen LogP contribution in [0, 0.1) is 17.2 Å². The molecule has 4 nitrogen and oxygen atoms in total. The molecule has 0 heterocycles. The average molecular weight is 273 g/mol. The van der Waals surface area contributed by atoms with Gasteiger partial charge in [-0.1, -0.05) is 23.7 Å². The molecule has 6 heteroatoms. The molecule has 0 aliphatic heterocycles. The number of nitriles is 1. The zero-order chi connectivity index (χ0) is 13.1. The highest BCUT2D eigenvalue weighted by atomic mass is 35.5. The summed E-state index contributed by atoms with van der Waals surface area (Å²) in [6.45, 7) is 1.81. The summed E-state index contributed by atoms with van der Waals surface area (Å²) in [6.07, 6.45) is 0. The van der Waals surface area contributed by atoms with E-state index < -0.39 is 10.0 Å². The van der Waals surface area contributed by atoms with Gasteiger partial charge in [-0.25, -0.2) is 8.42 Å². The van der Waals surface area contributed by atoms with Crippen LogP contribution in [0.4, 0.5) is 0 Å². The van der Waals surface area contributed by atoms with Crippen molar-refractivity contribution in [2.75, 3.05) is 13.6 Å². The number of sulfonamides is 1. The Hall–Kier alpha value is -1.09. The number of hydrogen-bond acceptors (Lipinski definition) is 3. The van der Waals surface area contributed by atoms with E-state index in [1.807, 2.05) is 6.07 Å². The van der Waals surface area contributed by atoms with E-state index in [-0.39, 0.29) is 22.4 Å². The fourth-order valence-electron chi connectivity index (χ4n) is 1.35. The lowest BCUT2D eigenvalue weighted by atomic mass is 10.2. The number of hydrogen-bond donors (Lipinski definition) is 0. The molecule has 0 amide bonds. The molecule has 1 atom stereocenters. The lowest BCUT2D eigenvalue weighted by molar-refractivity contribution is 0.439. The SMILES string of the molecule is CC(C#N)CN(C)S(=O)(=O)c1ccccc1Cl. The van der Waals surface area contributed by atoms with Gasteiger partial charge in [-0.2, -0.15) is 9.57 Å². The Balaban J connectivity index is 3.05. The van der Waals surface area contributed by atoms with Crippen molar-refractivity contribution in [3.05, 3.63) is 29.3 Å². The zero-order valence-electron chi connectivity index (χ0n) is 9.59. The summed E-state index contributed by atoms with van der Waals surface area (Å²) in [5.74, 6) is -0.364. The molecule has 0 aromatic heterocycles. The maximum atomic E-state index is 12.1. The van der Waals surface area contributed by atoms with Gasteiger partial charge in [0.15, 0.2) is 0 Å². The van der Waals surface area contributed by atoms with E-state index in [1.165, 1.54) is 19.2 Å². The summed E-state index contributed by atoms with van der Waals surface area (Å²) < 4.78 is 25.4. The first-order chi connectivity index (χ1) is 7.89. The molecule has 0 spiro atoms. The summed E-state index contributed by atoms with van der Waals surface area (Å²) in [4.78, 5) is 0.0642. The number of benzene rings is 1. The quantitative estimate of drug-likeness (QED) is 0.843. The Bertz CT molecular complexity index is 537. The summed E-state index contributed by atoms with van der Waals surface area (Å²) in [6, 6.07) is 8.25. The van der Waals surface area contributed by atoms with Crippen LogP contribution in [0.3, 0.4) is 0 Å². The second-order valence-corrected chi connectivity index (χ2v) is 6.17. The summed E-state index contributed by atoms with van der Waals surface area (Å²) in [5, 5.41) is 8.86. The van der Waals surface area contributed by atoms with Crippen molar-refractivity contribution in [1.82, 2.24) is 4.31 Å². The summed E-state index contributed by atoms with van der Waals surface area (Å²) in [5.41, 5.74) is 0. The summed E-state index contributed by atoms with van der Waals surface area (Å²) >= 11 is 5.85. The second kappa shape index (κ2) is 5.50. The molecule has 1 rings (SSSR count). The monoisotopic (exact) mass is 272 g/mol. The highest BCUT2D eigenvalue weighted by Crippen LogP contribution is 2.23. The third-order valence-corrected chi connectivity index (χ3v) is 4.60. The van der Waals surface area contributed by atoms with Crippen molar-refractivity contribution in [2.24, 2.45) is 5.92 Å². The average Bonchev–Trinajstić information content (AvgIpc) is 2.29. The van der Waals surface area contributed by atoms with E-state index in [2.05, 4.69) is 0 Å². The van der Waals surface area contributed by atoms with Crippen molar-refractivity contribution in [3.8, 4) is 6.07 Å². The third kappa shape index (κ3) is 3.19. The largest absolute Gasteiger partial charge is 0.244 e. The lowest BCUT2D eigenvalue weighted by Crippen LogP contribution is -2.30. The number of halogens is 1. The van der Waals surface area contributed by atoms with Gasteiger partial charge in [0.2, 0.25) is 10.0 Å². The van der Waals surface area contributed by atoms with E-state index in [9.17, 15) is 8.42 Å². The van der Waals surface area contributed by atoms with E-state index in [0.29, 0.717) is 0 Å². The smallest absolute Gasteiger partial charge is 0.207 e. The minimum atomic E-state index is -3.62. The molecule has 1 unspecified atom stereocenters. The molecule has 1 aromatic rings. The Labute approximate surface area is 106 Å². The first-order valence-electron chi connectivity index (χ1n) is 5.00. The Kier molecular flexibility index (Phi) is 4.52. The van der Waals surface area contributed by atoms with E-state index in [4.69, 9.17) is 16.9 Å². The summed E-state index contributed by atoms with van der Waals surface area (Å²) in [7, 11) is -2.19. The van der Waals surface area contributed by atoms with E-state index in [0.717, 1.165) is 4.31 Å². The Morgan fingerprint density at radius 1 is 1.47 bits per heavy atom. The van der Waals surface area contributed by atoms with Crippen LogP contribution in [0.2, 0.25) is 5.02 Å². The van der Waals surface area contributed by atoms with Crippen molar-refractivity contribution in [2.45, 2.75) is 11.8 Å². The van der Waals surface area contributed by atoms with E-state index in [1.54, 1.807) is 19.1 Å². The van der Waals surface area contributed by atoms with Crippen LogP contribution < -0.4 is 0 Å².